The smallest absolute Gasteiger partial charge is 0.254 e. The molecule has 0 saturated carbocycles. The second kappa shape index (κ2) is 5.21. The highest BCUT2D eigenvalue weighted by atomic mass is 19.2. The molecule has 1 aliphatic heterocycles. The van der Waals surface area contributed by atoms with Crippen LogP contribution in [-0.4, -0.2) is 36.1 Å². The number of rotatable bonds is 1. The number of hydrogen-bond acceptors (Lipinski definition) is 2. The van der Waals surface area contributed by atoms with Crippen molar-refractivity contribution in [3.05, 3.63) is 35.1 Å². The standard InChI is InChI=1S/C13H14F3NO2/c1-7-6-19-8(2)5-17(7)13(18)9-3-10(14)12(16)11(15)4-9/h3-4,7-8H,5-6H2,1-2H3. The van der Waals surface area contributed by atoms with Crippen molar-refractivity contribution in [1.82, 2.24) is 4.90 Å². The molecule has 19 heavy (non-hydrogen) atoms. The topological polar surface area (TPSA) is 29.5 Å². The minimum atomic E-state index is -1.57. The number of hydrogen-bond donors (Lipinski definition) is 0. The Hall–Kier alpha value is -1.56. The van der Waals surface area contributed by atoms with Crippen LogP contribution in [0.2, 0.25) is 0 Å². The predicted molar refractivity (Wildman–Crippen MR) is 62.2 cm³/mol. The van der Waals surface area contributed by atoms with E-state index in [1.54, 1.807) is 13.8 Å². The van der Waals surface area contributed by atoms with Gasteiger partial charge < -0.3 is 9.64 Å². The van der Waals surface area contributed by atoms with Gasteiger partial charge in [-0.15, -0.1) is 0 Å². The maximum absolute atomic E-state index is 13.1. The van der Waals surface area contributed by atoms with Gasteiger partial charge in [-0.25, -0.2) is 13.2 Å². The van der Waals surface area contributed by atoms with Gasteiger partial charge in [0, 0.05) is 12.1 Å². The molecule has 3 nitrogen and oxygen atoms in total. The molecule has 0 aromatic heterocycles. The molecule has 1 aromatic rings. The van der Waals surface area contributed by atoms with Crippen molar-refractivity contribution in [1.29, 1.82) is 0 Å². The van der Waals surface area contributed by atoms with Gasteiger partial charge >= 0.3 is 0 Å². The summed E-state index contributed by atoms with van der Waals surface area (Å²) in [6.07, 6.45) is -0.143. The Labute approximate surface area is 109 Å². The lowest BCUT2D eigenvalue weighted by Crippen LogP contribution is -2.50. The lowest BCUT2D eigenvalue weighted by atomic mass is 10.1. The second-order valence-corrected chi connectivity index (χ2v) is 4.70. The third-order valence-electron chi connectivity index (χ3n) is 3.10. The summed E-state index contributed by atoms with van der Waals surface area (Å²) in [7, 11) is 0. The fourth-order valence-corrected chi connectivity index (χ4v) is 2.03. The van der Waals surface area contributed by atoms with Crippen LogP contribution < -0.4 is 0 Å². The fraction of sp³-hybridized carbons (Fsp3) is 0.462. The Morgan fingerprint density at radius 3 is 2.42 bits per heavy atom. The van der Waals surface area contributed by atoms with Gasteiger partial charge in [-0.05, 0) is 26.0 Å². The molecule has 0 aliphatic carbocycles. The van der Waals surface area contributed by atoms with Gasteiger partial charge in [-0.3, -0.25) is 4.79 Å². The molecule has 6 heteroatoms. The molecular formula is C13H14F3NO2. The SMILES string of the molecule is CC1CN(C(=O)c2cc(F)c(F)c(F)c2)C(C)CO1. The van der Waals surface area contributed by atoms with Crippen LogP contribution in [0.5, 0.6) is 0 Å². The maximum atomic E-state index is 13.1. The first-order valence-electron chi connectivity index (χ1n) is 5.97. The first-order chi connectivity index (χ1) is 8.90. The first-order valence-corrected chi connectivity index (χ1v) is 5.97. The highest BCUT2D eigenvalue weighted by molar-refractivity contribution is 5.94. The Bertz CT molecular complexity index is 484. The summed E-state index contributed by atoms with van der Waals surface area (Å²) in [5.41, 5.74) is -0.197. The van der Waals surface area contributed by atoms with E-state index in [-0.39, 0.29) is 17.7 Å². The normalized spacial score (nSPS) is 23.5. The third-order valence-corrected chi connectivity index (χ3v) is 3.10. The number of carbonyl (C=O) groups is 1. The Balaban J connectivity index is 2.28. The van der Waals surface area contributed by atoms with E-state index in [2.05, 4.69) is 0 Å². The summed E-state index contributed by atoms with van der Waals surface area (Å²) in [6, 6.07) is 1.24. The molecule has 1 aliphatic rings. The van der Waals surface area contributed by atoms with E-state index in [0.29, 0.717) is 25.3 Å². The van der Waals surface area contributed by atoms with Gasteiger partial charge in [0.25, 0.3) is 5.91 Å². The molecule has 0 spiro atoms. The lowest BCUT2D eigenvalue weighted by Gasteiger charge is -2.36. The van der Waals surface area contributed by atoms with E-state index in [1.807, 2.05) is 0 Å². The van der Waals surface area contributed by atoms with E-state index < -0.39 is 23.4 Å². The molecule has 1 fully saturated rings. The van der Waals surface area contributed by atoms with Crippen molar-refractivity contribution in [2.24, 2.45) is 0 Å². The summed E-state index contributed by atoms with van der Waals surface area (Å²) in [5, 5.41) is 0. The molecule has 1 saturated heterocycles. The van der Waals surface area contributed by atoms with Crippen molar-refractivity contribution in [2.75, 3.05) is 13.2 Å². The molecule has 1 aromatic carbocycles. The molecular weight excluding hydrogens is 259 g/mol. The number of halogens is 3. The van der Waals surface area contributed by atoms with Crippen molar-refractivity contribution < 1.29 is 22.7 Å². The Kier molecular flexibility index (Phi) is 3.80. The number of morpholine rings is 1. The van der Waals surface area contributed by atoms with Crippen LogP contribution in [-0.2, 0) is 4.74 Å². The van der Waals surface area contributed by atoms with Gasteiger partial charge in [-0.2, -0.15) is 0 Å². The minimum absolute atomic E-state index is 0.143. The van der Waals surface area contributed by atoms with Crippen molar-refractivity contribution in [3.8, 4) is 0 Å². The quantitative estimate of drug-likeness (QED) is 0.735. The lowest BCUT2D eigenvalue weighted by molar-refractivity contribution is -0.0387. The zero-order chi connectivity index (χ0) is 14.2. The minimum Gasteiger partial charge on any atom is -0.375 e. The Morgan fingerprint density at radius 1 is 1.26 bits per heavy atom. The number of amides is 1. The van der Waals surface area contributed by atoms with E-state index in [0.717, 1.165) is 0 Å². The molecule has 2 unspecified atom stereocenters. The number of benzene rings is 1. The fourth-order valence-electron chi connectivity index (χ4n) is 2.03. The second-order valence-electron chi connectivity index (χ2n) is 4.70. The van der Waals surface area contributed by atoms with E-state index in [1.165, 1.54) is 4.90 Å². The average molecular weight is 273 g/mol. The predicted octanol–water partition coefficient (Wildman–Crippen LogP) is 2.35. The van der Waals surface area contributed by atoms with Gasteiger partial charge in [0.15, 0.2) is 17.5 Å². The van der Waals surface area contributed by atoms with Crippen LogP contribution >= 0.6 is 0 Å². The largest absolute Gasteiger partial charge is 0.375 e. The van der Waals surface area contributed by atoms with Crippen LogP contribution in [0.4, 0.5) is 13.2 Å². The van der Waals surface area contributed by atoms with Gasteiger partial charge in [0.2, 0.25) is 0 Å². The Morgan fingerprint density at radius 2 is 1.84 bits per heavy atom. The van der Waals surface area contributed by atoms with Crippen LogP contribution in [0.3, 0.4) is 0 Å². The zero-order valence-corrected chi connectivity index (χ0v) is 10.6. The maximum Gasteiger partial charge on any atom is 0.254 e. The first kappa shape index (κ1) is 13.9. The average Bonchev–Trinajstić information content (AvgIpc) is 2.37. The highest BCUT2D eigenvalue weighted by Gasteiger charge is 2.29. The molecule has 1 heterocycles. The number of carbonyl (C=O) groups excluding carboxylic acids is 1. The number of ether oxygens (including phenoxy) is 1. The molecule has 1 amide bonds. The number of nitrogens with zero attached hydrogens (tertiary/aromatic N) is 1. The van der Waals surface area contributed by atoms with Gasteiger partial charge in [0.1, 0.15) is 0 Å². The summed E-state index contributed by atoms with van der Waals surface area (Å²) >= 11 is 0. The van der Waals surface area contributed by atoms with E-state index >= 15 is 0 Å². The highest BCUT2D eigenvalue weighted by Crippen LogP contribution is 2.19. The summed E-state index contributed by atoms with van der Waals surface area (Å²) in [4.78, 5) is 13.7. The molecule has 0 bridgehead atoms. The summed E-state index contributed by atoms with van der Waals surface area (Å²) < 4.78 is 44.5. The van der Waals surface area contributed by atoms with Crippen LogP contribution in [0.15, 0.2) is 12.1 Å². The zero-order valence-electron chi connectivity index (χ0n) is 10.6. The molecule has 2 atom stereocenters. The van der Waals surface area contributed by atoms with Gasteiger partial charge in [0.05, 0.1) is 18.8 Å². The summed E-state index contributed by atoms with van der Waals surface area (Å²) in [6.45, 7) is 4.28. The van der Waals surface area contributed by atoms with Crippen molar-refractivity contribution in [3.63, 3.8) is 0 Å². The van der Waals surface area contributed by atoms with Crippen molar-refractivity contribution in [2.45, 2.75) is 26.0 Å². The van der Waals surface area contributed by atoms with Crippen LogP contribution in [0.1, 0.15) is 24.2 Å². The van der Waals surface area contributed by atoms with Crippen molar-refractivity contribution >= 4 is 5.91 Å². The van der Waals surface area contributed by atoms with Crippen LogP contribution in [0, 0.1) is 17.5 Å². The van der Waals surface area contributed by atoms with E-state index in [4.69, 9.17) is 4.74 Å². The third kappa shape index (κ3) is 2.73. The monoisotopic (exact) mass is 273 g/mol. The molecule has 2 rings (SSSR count). The van der Waals surface area contributed by atoms with Crippen LogP contribution in [0.25, 0.3) is 0 Å². The van der Waals surface area contributed by atoms with Gasteiger partial charge in [-0.1, -0.05) is 0 Å². The summed E-state index contributed by atoms with van der Waals surface area (Å²) in [5.74, 6) is -4.82. The molecule has 0 radical (unpaired) electrons. The van der Waals surface area contributed by atoms with E-state index in [9.17, 15) is 18.0 Å². The molecule has 0 N–H and O–H groups in total. The molecule has 104 valence electrons.